The third kappa shape index (κ3) is 8.28. The molecule has 9 aromatic rings. The number of nitrogens with zero attached hydrogens (tertiary/aromatic N) is 2. The Hall–Kier alpha value is -7.94. The van der Waals surface area contributed by atoms with Crippen molar-refractivity contribution in [3.8, 4) is 44.5 Å². The summed E-state index contributed by atoms with van der Waals surface area (Å²) in [7, 11) is 0. The molecule has 0 heterocycles. The van der Waals surface area contributed by atoms with Crippen molar-refractivity contribution in [2.45, 2.75) is 12.5 Å². The third-order valence-electron chi connectivity index (χ3n) is 11.8. The van der Waals surface area contributed by atoms with Crippen molar-refractivity contribution in [1.82, 2.24) is 0 Å². The van der Waals surface area contributed by atoms with E-state index >= 15 is 0 Å². The minimum atomic E-state index is 0.185. The number of benzene rings is 9. The van der Waals surface area contributed by atoms with Crippen LogP contribution < -0.4 is 9.80 Å². The van der Waals surface area contributed by atoms with Crippen molar-refractivity contribution in [2.75, 3.05) is 9.80 Å². The standard InChI is InChI=1S/C60H46N2/c1-5-13-45(14-6-1)48-21-23-49(24-22-48)52-29-39-56(40-30-52)61(55-19-11-4-12-20-55)57-41-31-53(32-42-57)54-33-43-60(44-34-54)62(58-35-25-50(26-36-58)46-15-7-2-8-16-46)59-37-27-51(28-38-59)47-17-9-3-10-18-47/h1-39,41-44,56H,40H2. The third-order valence-corrected chi connectivity index (χ3v) is 11.8. The lowest BCUT2D eigenvalue weighted by atomic mass is 9.94. The minimum absolute atomic E-state index is 0.185. The van der Waals surface area contributed by atoms with E-state index in [1.54, 1.807) is 0 Å². The van der Waals surface area contributed by atoms with E-state index in [0.717, 1.165) is 23.5 Å². The first-order valence-corrected chi connectivity index (χ1v) is 21.4. The van der Waals surface area contributed by atoms with Crippen LogP contribution in [0.2, 0.25) is 0 Å². The molecule has 0 aromatic heterocycles. The molecule has 0 saturated carbocycles. The van der Waals surface area contributed by atoms with Gasteiger partial charge in [0.2, 0.25) is 0 Å². The molecule has 1 aliphatic rings. The maximum absolute atomic E-state index is 2.46. The quantitative estimate of drug-likeness (QED) is 0.129. The van der Waals surface area contributed by atoms with E-state index in [9.17, 15) is 0 Å². The molecular weight excluding hydrogens is 749 g/mol. The Labute approximate surface area is 365 Å². The second-order valence-electron chi connectivity index (χ2n) is 15.7. The Morgan fingerprint density at radius 1 is 0.274 bits per heavy atom. The van der Waals surface area contributed by atoms with Gasteiger partial charge in [-0.2, -0.15) is 0 Å². The summed E-state index contributed by atoms with van der Waals surface area (Å²) in [6.45, 7) is 0. The summed E-state index contributed by atoms with van der Waals surface area (Å²) in [6.07, 6.45) is 7.93. The average Bonchev–Trinajstić information content (AvgIpc) is 3.36. The number of rotatable bonds is 11. The van der Waals surface area contributed by atoms with Crippen LogP contribution in [0.1, 0.15) is 12.0 Å². The minimum Gasteiger partial charge on any atom is -0.334 e. The number of anilines is 5. The van der Waals surface area contributed by atoms with Crippen molar-refractivity contribution < 1.29 is 0 Å². The normalized spacial score (nSPS) is 13.3. The first-order chi connectivity index (χ1) is 30.7. The molecule has 1 unspecified atom stereocenters. The van der Waals surface area contributed by atoms with Crippen molar-refractivity contribution in [2.24, 2.45) is 0 Å². The number of para-hydroxylation sites is 1. The van der Waals surface area contributed by atoms with Gasteiger partial charge in [0.05, 0.1) is 6.04 Å². The molecule has 9 aromatic carbocycles. The fourth-order valence-electron chi connectivity index (χ4n) is 8.55. The lowest BCUT2D eigenvalue weighted by Crippen LogP contribution is -2.30. The smallest absolute Gasteiger partial charge is 0.0560 e. The van der Waals surface area contributed by atoms with E-state index in [2.05, 4.69) is 271 Å². The second-order valence-corrected chi connectivity index (χ2v) is 15.7. The molecule has 0 spiro atoms. The topological polar surface area (TPSA) is 6.48 Å². The molecular formula is C60H46N2. The van der Waals surface area contributed by atoms with Gasteiger partial charge in [-0.25, -0.2) is 0 Å². The monoisotopic (exact) mass is 794 g/mol. The van der Waals surface area contributed by atoms with Gasteiger partial charge in [0, 0.05) is 28.4 Å². The number of hydrogen-bond acceptors (Lipinski definition) is 2. The summed E-state index contributed by atoms with van der Waals surface area (Å²) in [5.41, 5.74) is 17.8. The molecule has 2 nitrogen and oxygen atoms in total. The van der Waals surface area contributed by atoms with E-state index < -0.39 is 0 Å². The molecule has 0 radical (unpaired) electrons. The van der Waals surface area contributed by atoms with Crippen LogP contribution in [0.5, 0.6) is 0 Å². The van der Waals surface area contributed by atoms with Gasteiger partial charge < -0.3 is 9.80 Å². The van der Waals surface area contributed by atoms with Crippen LogP contribution in [-0.4, -0.2) is 6.04 Å². The highest BCUT2D eigenvalue weighted by molar-refractivity contribution is 5.82. The zero-order valence-electron chi connectivity index (χ0n) is 34.5. The average molecular weight is 795 g/mol. The Kier molecular flexibility index (Phi) is 10.9. The summed E-state index contributed by atoms with van der Waals surface area (Å²) in [6, 6.07) is 87.3. The zero-order chi connectivity index (χ0) is 41.5. The fraction of sp³-hybridized carbons (Fsp3) is 0.0333. The Morgan fingerprint density at radius 2 is 0.565 bits per heavy atom. The molecule has 62 heavy (non-hydrogen) atoms. The highest BCUT2D eigenvalue weighted by Crippen LogP contribution is 2.39. The van der Waals surface area contributed by atoms with Crippen LogP contribution in [0.25, 0.3) is 50.1 Å². The van der Waals surface area contributed by atoms with Gasteiger partial charge in [-0.15, -0.1) is 0 Å². The molecule has 0 aliphatic heterocycles. The first-order valence-electron chi connectivity index (χ1n) is 21.4. The van der Waals surface area contributed by atoms with Crippen LogP contribution in [0.15, 0.2) is 261 Å². The van der Waals surface area contributed by atoms with E-state index in [1.165, 1.54) is 67.0 Å². The predicted molar refractivity (Wildman–Crippen MR) is 263 cm³/mol. The first kappa shape index (κ1) is 38.3. The molecule has 0 N–H and O–H groups in total. The predicted octanol–water partition coefficient (Wildman–Crippen LogP) is 16.4. The van der Waals surface area contributed by atoms with Crippen molar-refractivity contribution in [3.05, 3.63) is 266 Å². The summed E-state index contributed by atoms with van der Waals surface area (Å²) in [4.78, 5) is 4.80. The largest absolute Gasteiger partial charge is 0.334 e. The summed E-state index contributed by atoms with van der Waals surface area (Å²) in [5, 5.41) is 0. The van der Waals surface area contributed by atoms with Gasteiger partial charge in [-0.3, -0.25) is 0 Å². The van der Waals surface area contributed by atoms with Gasteiger partial charge >= 0.3 is 0 Å². The molecule has 1 atom stereocenters. The molecule has 0 saturated heterocycles. The van der Waals surface area contributed by atoms with E-state index in [-0.39, 0.29) is 6.04 Å². The van der Waals surface area contributed by atoms with E-state index in [0.29, 0.717) is 0 Å². The lowest BCUT2D eigenvalue weighted by Gasteiger charge is -2.33. The van der Waals surface area contributed by atoms with Gasteiger partial charge in [-0.05, 0) is 123 Å². The lowest BCUT2D eigenvalue weighted by molar-refractivity contribution is 0.787. The summed E-state index contributed by atoms with van der Waals surface area (Å²) in [5.74, 6) is 0. The van der Waals surface area contributed by atoms with Gasteiger partial charge in [0.1, 0.15) is 0 Å². The van der Waals surface area contributed by atoms with E-state index in [1.807, 2.05) is 0 Å². The molecule has 2 heteroatoms. The Bertz CT molecular complexity index is 2820. The zero-order valence-corrected chi connectivity index (χ0v) is 34.5. The second kappa shape index (κ2) is 17.7. The maximum Gasteiger partial charge on any atom is 0.0560 e. The highest BCUT2D eigenvalue weighted by Gasteiger charge is 2.21. The van der Waals surface area contributed by atoms with Gasteiger partial charge in [0.25, 0.3) is 0 Å². The number of hydrogen-bond donors (Lipinski definition) is 0. The summed E-state index contributed by atoms with van der Waals surface area (Å²) >= 11 is 0. The summed E-state index contributed by atoms with van der Waals surface area (Å²) < 4.78 is 0. The van der Waals surface area contributed by atoms with Crippen LogP contribution in [0.4, 0.5) is 28.4 Å². The molecule has 10 rings (SSSR count). The fourth-order valence-corrected chi connectivity index (χ4v) is 8.55. The van der Waals surface area contributed by atoms with Crippen LogP contribution in [0, 0.1) is 0 Å². The molecule has 296 valence electrons. The molecule has 1 aliphatic carbocycles. The highest BCUT2D eigenvalue weighted by atomic mass is 15.2. The SMILES string of the molecule is C1=CC(N(c2ccccc2)c2ccc(-c3ccc(N(c4ccc(-c5ccccc5)cc4)c4ccc(-c5ccccc5)cc4)cc3)cc2)CC=C1c1ccc(-c2ccccc2)cc1. The Balaban J connectivity index is 0.902. The van der Waals surface area contributed by atoms with Crippen LogP contribution in [0.3, 0.4) is 0 Å². The van der Waals surface area contributed by atoms with Crippen molar-refractivity contribution in [3.63, 3.8) is 0 Å². The van der Waals surface area contributed by atoms with Crippen molar-refractivity contribution in [1.29, 1.82) is 0 Å². The van der Waals surface area contributed by atoms with E-state index in [4.69, 9.17) is 0 Å². The van der Waals surface area contributed by atoms with Crippen LogP contribution in [-0.2, 0) is 0 Å². The molecule has 0 amide bonds. The Morgan fingerprint density at radius 3 is 0.919 bits per heavy atom. The molecule has 0 fully saturated rings. The van der Waals surface area contributed by atoms with Crippen LogP contribution >= 0.6 is 0 Å². The molecule has 0 bridgehead atoms. The van der Waals surface area contributed by atoms with Gasteiger partial charge in [-0.1, -0.05) is 200 Å². The number of allylic oxidation sites excluding steroid dienone is 2. The van der Waals surface area contributed by atoms with Crippen molar-refractivity contribution >= 4 is 34.0 Å². The maximum atomic E-state index is 2.46. The van der Waals surface area contributed by atoms with Gasteiger partial charge in [0.15, 0.2) is 0 Å².